The molecule has 0 spiro atoms. The zero-order valence-corrected chi connectivity index (χ0v) is 14.8. The maximum atomic E-state index is 13.2. The van der Waals surface area contributed by atoms with Gasteiger partial charge in [0, 0.05) is 23.3 Å². The number of nitro groups is 1. The van der Waals surface area contributed by atoms with Crippen LogP contribution in [-0.4, -0.2) is 23.3 Å². The number of nitrogens with zero attached hydrogens (tertiary/aromatic N) is 1. The summed E-state index contributed by atoms with van der Waals surface area (Å²) in [7, 11) is 0. The minimum Gasteiger partial charge on any atom is -0.451 e. The average Bonchev–Trinajstić information content (AvgIpc) is 3.18. The Morgan fingerprint density at radius 3 is 2.46 bits per heavy atom. The third-order valence-corrected chi connectivity index (χ3v) is 4.04. The largest absolute Gasteiger partial charge is 0.451 e. The van der Waals surface area contributed by atoms with E-state index < -0.39 is 29.1 Å². The van der Waals surface area contributed by atoms with Gasteiger partial charge in [-0.15, -0.1) is 0 Å². The number of Topliss-reactive ketones (excluding diaryl/α,β-unsaturated/α-hetero) is 1. The molecular weight excluding hydrogens is 393 g/mol. The number of benzene rings is 2. The molecule has 0 bridgehead atoms. The second-order valence-corrected chi connectivity index (χ2v) is 6.00. The molecule has 28 heavy (non-hydrogen) atoms. The first-order valence-corrected chi connectivity index (χ1v) is 8.23. The van der Waals surface area contributed by atoms with Gasteiger partial charge in [0.05, 0.1) is 9.95 Å². The lowest BCUT2D eigenvalue weighted by atomic mass is 10.1. The van der Waals surface area contributed by atoms with Gasteiger partial charge in [-0.25, -0.2) is 9.18 Å². The topological polar surface area (TPSA) is 99.7 Å². The fraction of sp³-hybridized carbons (Fsp3) is 0.0526. The second-order valence-electron chi connectivity index (χ2n) is 5.60. The van der Waals surface area contributed by atoms with Crippen LogP contribution in [-0.2, 0) is 4.74 Å². The van der Waals surface area contributed by atoms with Gasteiger partial charge in [-0.1, -0.05) is 11.6 Å². The first-order chi connectivity index (χ1) is 13.3. The normalized spacial score (nSPS) is 10.5. The Labute approximate surface area is 162 Å². The Balaban J connectivity index is 1.63. The SMILES string of the molecule is O=C(COC(=O)c1ccc(-c2ccc(F)c(Cl)c2)o1)c1ccc([N+](=O)[O-])cc1. The molecule has 2 aromatic carbocycles. The van der Waals surface area contributed by atoms with Gasteiger partial charge >= 0.3 is 5.97 Å². The van der Waals surface area contributed by atoms with Crippen molar-refractivity contribution in [3.8, 4) is 11.3 Å². The van der Waals surface area contributed by atoms with Crippen LogP contribution in [0.25, 0.3) is 11.3 Å². The molecule has 0 amide bonds. The first kappa shape index (κ1) is 19.2. The van der Waals surface area contributed by atoms with E-state index in [0.717, 1.165) is 0 Å². The quantitative estimate of drug-likeness (QED) is 0.256. The number of esters is 1. The molecule has 0 unspecified atom stereocenters. The molecule has 1 heterocycles. The molecular formula is C19H11ClFNO6. The van der Waals surface area contributed by atoms with Crippen molar-refractivity contribution >= 4 is 29.0 Å². The molecule has 3 rings (SSSR count). The molecule has 142 valence electrons. The first-order valence-electron chi connectivity index (χ1n) is 7.85. The Bertz CT molecular complexity index is 1060. The van der Waals surface area contributed by atoms with E-state index in [1.54, 1.807) is 0 Å². The van der Waals surface area contributed by atoms with E-state index in [4.69, 9.17) is 20.8 Å². The zero-order valence-electron chi connectivity index (χ0n) is 14.1. The summed E-state index contributed by atoms with van der Waals surface area (Å²) < 4.78 is 23.5. The van der Waals surface area contributed by atoms with Crippen molar-refractivity contribution in [2.75, 3.05) is 6.61 Å². The third kappa shape index (κ3) is 4.24. The standard InChI is InChI=1S/C19H11ClFNO6/c20-14-9-12(3-6-15(14)21)17-7-8-18(28-17)19(24)27-10-16(23)11-1-4-13(5-2-11)22(25)26/h1-9H,10H2. The lowest BCUT2D eigenvalue weighted by molar-refractivity contribution is -0.384. The Morgan fingerprint density at radius 1 is 1.11 bits per heavy atom. The van der Waals surface area contributed by atoms with Crippen LogP contribution in [0, 0.1) is 15.9 Å². The van der Waals surface area contributed by atoms with Gasteiger partial charge in [0.25, 0.3) is 5.69 Å². The Hall–Kier alpha value is -3.52. The number of carbonyl (C=O) groups is 2. The smallest absolute Gasteiger partial charge is 0.374 e. The lowest BCUT2D eigenvalue weighted by Gasteiger charge is -2.03. The van der Waals surface area contributed by atoms with Crippen molar-refractivity contribution in [1.29, 1.82) is 0 Å². The van der Waals surface area contributed by atoms with Gasteiger partial charge in [-0.2, -0.15) is 0 Å². The highest BCUT2D eigenvalue weighted by molar-refractivity contribution is 6.31. The van der Waals surface area contributed by atoms with Crippen LogP contribution in [0.15, 0.2) is 59.0 Å². The van der Waals surface area contributed by atoms with Crippen LogP contribution in [0.5, 0.6) is 0 Å². The number of carbonyl (C=O) groups excluding carboxylic acids is 2. The summed E-state index contributed by atoms with van der Waals surface area (Å²) in [6, 6.07) is 11.7. The fourth-order valence-electron chi connectivity index (χ4n) is 2.31. The number of nitro benzene ring substituents is 1. The molecule has 0 fully saturated rings. The van der Waals surface area contributed by atoms with Crippen LogP contribution in [0.1, 0.15) is 20.9 Å². The fourth-order valence-corrected chi connectivity index (χ4v) is 2.49. The van der Waals surface area contributed by atoms with E-state index >= 15 is 0 Å². The van der Waals surface area contributed by atoms with Crippen molar-refractivity contribution in [3.63, 3.8) is 0 Å². The lowest BCUT2D eigenvalue weighted by Crippen LogP contribution is -2.13. The van der Waals surface area contributed by atoms with E-state index in [1.165, 1.54) is 54.6 Å². The van der Waals surface area contributed by atoms with Gasteiger partial charge in [0.15, 0.2) is 12.4 Å². The molecule has 0 aliphatic rings. The van der Waals surface area contributed by atoms with Crippen LogP contribution in [0.2, 0.25) is 5.02 Å². The molecule has 7 nitrogen and oxygen atoms in total. The minimum absolute atomic E-state index is 0.0910. The molecule has 0 aliphatic heterocycles. The molecule has 1 aromatic heterocycles. The molecule has 0 atom stereocenters. The molecule has 3 aromatic rings. The molecule has 0 N–H and O–H groups in total. The summed E-state index contributed by atoms with van der Waals surface area (Å²) in [5.41, 5.74) is 0.476. The summed E-state index contributed by atoms with van der Waals surface area (Å²) in [5.74, 6) is -1.85. The Kier molecular flexibility index (Phi) is 5.51. The minimum atomic E-state index is -0.866. The van der Waals surface area contributed by atoms with Crippen LogP contribution in [0.3, 0.4) is 0 Å². The number of furan rings is 1. The number of hydrogen-bond donors (Lipinski definition) is 0. The number of ketones is 1. The van der Waals surface area contributed by atoms with Gasteiger partial charge in [0.1, 0.15) is 11.6 Å². The molecule has 0 saturated carbocycles. The molecule has 0 radical (unpaired) electrons. The van der Waals surface area contributed by atoms with Crippen molar-refractivity contribution < 1.29 is 28.1 Å². The predicted molar refractivity (Wildman–Crippen MR) is 96.8 cm³/mol. The van der Waals surface area contributed by atoms with Crippen LogP contribution < -0.4 is 0 Å². The predicted octanol–water partition coefficient (Wildman–Crippen LogP) is 4.69. The van der Waals surface area contributed by atoms with Gasteiger partial charge in [-0.05, 0) is 42.5 Å². The monoisotopic (exact) mass is 403 g/mol. The Morgan fingerprint density at radius 2 is 1.82 bits per heavy atom. The van der Waals surface area contributed by atoms with Crippen LogP contribution >= 0.6 is 11.6 Å². The summed E-state index contributed by atoms with van der Waals surface area (Å²) in [6.45, 7) is -0.560. The number of halogens is 2. The third-order valence-electron chi connectivity index (χ3n) is 3.75. The summed E-state index contributed by atoms with van der Waals surface area (Å²) in [5, 5.41) is 10.5. The number of hydrogen-bond acceptors (Lipinski definition) is 6. The molecule has 9 heteroatoms. The van der Waals surface area contributed by atoms with Crippen molar-refractivity contribution in [2.24, 2.45) is 0 Å². The van der Waals surface area contributed by atoms with Crippen LogP contribution in [0.4, 0.5) is 10.1 Å². The molecule has 0 aliphatic carbocycles. The number of rotatable bonds is 6. The van der Waals surface area contributed by atoms with E-state index in [2.05, 4.69) is 0 Å². The number of non-ortho nitro benzene ring substituents is 1. The van der Waals surface area contributed by atoms with Crippen molar-refractivity contribution in [1.82, 2.24) is 0 Å². The van der Waals surface area contributed by atoms with E-state index in [9.17, 15) is 24.1 Å². The zero-order chi connectivity index (χ0) is 20.3. The average molecular weight is 404 g/mol. The van der Waals surface area contributed by atoms with Gasteiger partial charge < -0.3 is 9.15 Å². The maximum absolute atomic E-state index is 13.2. The summed E-state index contributed by atoms with van der Waals surface area (Å²) >= 11 is 5.72. The van der Waals surface area contributed by atoms with E-state index in [1.807, 2.05) is 0 Å². The maximum Gasteiger partial charge on any atom is 0.374 e. The van der Waals surface area contributed by atoms with Gasteiger partial charge in [-0.3, -0.25) is 14.9 Å². The molecule has 0 saturated heterocycles. The highest BCUT2D eigenvalue weighted by Crippen LogP contribution is 2.26. The summed E-state index contributed by atoms with van der Waals surface area (Å²) in [4.78, 5) is 34.1. The second kappa shape index (κ2) is 8.01. The van der Waals surface area contributed by atoms with Gasteiger partial charge in [0.2, 0.25) is 5.76 Å². The summed E-state index contributed by atoms with van der Waals surface area (Å²) in [6.07, 6.45) is 0. The van der Waals surface area contributed by atoms with E-state index in [-0.39, 0.29) is 27.8 Å². The highest BCUT2D eigenvalue weighted by Gasteiger charge is 2.17. The highest BCUT2D eigenvalue weighted by atomic mass is 35.5. The van der Waals surface area contributed by atoms with Crippen molar-refractivity contribution in [2.45, 2.75) is 0 Å². The number of ether oxygens (including phenoxy) is 1. The van der Waals surface area contributed by atoms with Crippen molar-refractivity contribution in [3.05, 3.63) is 86.9 Å². The van der Waals surface area contributed by atoms with E-state index in [0.29, 0.717) is 5.56 Å².